The smallest absolute Gasteiger partial charge is 0.229 e. The SMILES string of the molecule is C=CC[C@@]1(C)CC(c2cccc(Cl)c2)C(c2ccc(Cl)cc2)N(C(CN(Cc2cccc(OC)c2)S(C)(=O)=O)C2CC2)C1=O. The van der Waals surface area contributed by atoms with Crippen LogP contribution < -0.4 is 4.74 Å². The lowest BCUT2D eigenvalue weighted by Crippen LogP contribution is -2.58. The topological polar surface area (TPSA) is 66.9 Å². The van der Waals surface area contributed by atoms with Crippen molar-refractivity contribution in [2.75, 3.05) is 19.9 Å². The van der Waals surface area contributed by atoms with Crippen LogP contribution in [0.4, 0.5) is 0 Å². The number of methoxy groups -OCH3 is 1. The summed E-state index contributed by atoms with van der Waals surface area (Å²) in [6, 6.07) is 22.3. The van der Waals surface area contributed by atoms with Crippen LogP contribution in [0.3, 0.4) is 0 Å². The fourth-order valence-corrected chi connectivity index (χ4v) is 7.83. The Labute approximate surface area is 271 Å². The van der Waals surface area contributed by atoms with Gasteiger partial charge >= 0.3 is 0 Å². The number of nitrogens with zero attached hydrogens (tertiary/aromatic N) is 2. The molecule has 1 saturated carbocycles. The predicted octanol–water partition coefficient (Wildman–Crippen LogP) is 7.88. The number of carbonyl (C=O) groups is 1. The molecular weight excluding hydrogens is 615 g/mol. The standard InChI is InChI=1S/C35H40Cl2N2O4S/c1-5-18-35(2)21-31(27-9-7-10-29(37)20-27)33(26-14-16-28(36)17-15-26)39(34(35)40)32(25-12-13-25)23-38(44(4,41)42)22-24-8-6-11-30(19-24)43-3/h5-11,14-17,19-20,25,31-33H,1,12-13,18,21-23H2,2-4H3/t31?,32?,33?,35-/m0/s1. The zero-order valence-electron chi connectivity index (χ0n) is 25.5. The fraction of sp³-hybridized carbons (Fsp3) is 0.400. The van der Waals surface area contributed by atoms with Crippen LogP contribution in [0.5, 0.6) is 5.75 Å². The van der Waals surface area contributed by atoms with Crippen molar-refractivity contribution in [2.45, 2.75) is 57.2 Å². The zero-order valence-corrected chi connectivity index (χ0v) is 27.8. The third kappa shape index (κ3) is 7.17. The van der Waals surface area contributed by atoms with E-state index >= 15 is 0 Å². The molecule has 0 radical (unpaired) electrons. The van der Waals surface area contributed by atoms with Gasteiger partial charge in [-0.3, -0.25) is 4.79 Å². The van der Waals surface area contributed by atoms with Gasteiger partial charge in [-0.2, -0.15) is 4.31 Å². The van der Waals surface area contributed by atoms with Crippen LogP contribution in [0.1, 0.15) is 61.3 Å². The van der Waals surface area contributed by atoms with Crippen molar-refractivity contribution in [1.29, 1.82) is 0 Å². The van der Waals surface area contributed by atoms with Crippen molar-refractivity contribution >= 4 is 39.1 Å². The molecule has 5 rings (SSSR count). The summed E-state index contributed by atoms with van der Waals surface area (Å²) in [5, 5.41) is 1.24. The molecule has 3 unspecified atom stereocenters. The number of ether oxygens (including phenoxy) is 1. The maximum atomic E-state index is 14.8. The second-order valence-corrected chi connectivity index (χ2v) is 15.3. The van der Waals surface area contributed by atoms with Crippen molar-refractivity contribution in [2.24, 2.45) is 11.3 Å². The normalized spacial score (nSPS) is 23.0. The van der Waals surface area contributed by atoms with Crippen LogP contribution in [-0.4, -0.2) is 49.5 Å². The Morgan fingerprint density at radius 2 is 1.75 bits per heavy atom. The summed E-state index contributed by atoms with van der Waals surface area (Å²) in [7, 11) is -2.04. The molecule has 234 valence electrons. The van der Waals surface area contributed by atoms with Crippen molar-refractivity contribution in [3.8, 4) is 5.75 Å². The highest BCUT2D eigenvalue weighted by Crippen LogP contribution is 2.54. The first-order valence-corrected chi connectivity index (χ1v) is 17.6. The van der Waals surface area contributed by atoms with E-state index < -0.39 is 15.4 Å². The number of hydrogen-bond donors (Lipinski definition) is 0. The molecule has 44 heavy (non-hydrogen) atoms. The van der Waals surface area contributed by atoms with E-state index in [4.69, 9.17) is 27.9 Å². The summed E-state index contributed by atoms with van der Waals surface area (Å²) >= 11 is 12.8. The number of carbonyl (C=O) groups excluding carboxylic acids is 1. The lowest BCUT2D eigenvalue weighted by atomic mass is 9.67. The first-order valence-electron chi connectivity index (χ1n) is 15.0. The molecule has 2 aliphatic rings. The number of hydrogen-bond acceptors (Lipinski definition) is 4. The summed E-state index contributed by atoms with van der Waals surface area (Å²) in [5.74, 6) is 0.758. The van der Waals surface area contributed by atoms with E-state index in [9.17, 15) is 13.2 Å². The molecule has 1 saturated heterocycles. The highest BCUT2D eigenvalue weighted by atomic mass is 35.5. The van der Waals surface area contributed by atoms with Gasteiger partial charge in [0.25, 0.3) is 0 Å². The third-order valence-electron chi connectivity index (χ3n) is 9.06. The monoisotopic (exact) mass is 654 g/mol. The minimum absolute atomic E-state index is 0.0161. The summed E-state index contributed by atoms with van der Waals surface area (Å²) < 4.78 is 33.5. The van der Waals surface area contributed by atoms with Gasteiger partial charge in [-0.25, -0.2) is 8.42 Å². The summed E-state index contributed by atoms with van der Waals surface area (Å²) in [5.41, 5.74) is 2.08. The van der Waals surface area contributed by atoms with Crippen LogP contribution >= 0.6 is 23.2 Å². The van der Waals surface area contributed by atoms with E-state index in [-0.39, 0.29) is 42.9 Å². The molecule has 4 atom stereocenters. The fourth-order valence-electron chi connectivity index (χ4n) is 6.70. The molecule has 1 heterocycles. The molecule has 0 aromatic heterocycles. The molecule has 2 fully saturated rings. The molecule has 1 amide bonds. The number of benzene rings is 3. The van der Waals surface area contributed by atoms with Crippen LogP contribution in [0.15, 0.2) is 85.5 Å². The van der Waals surface area contributed by atoms with E-state index in [2.05, 4.69) is 12.6 Å². The average molecular weight is 656 g/mol. The number of sulfonamides is 1. The van der Waals surface area contributed by atoms with Gasteiger partial charge in [0.15, 0.2) is 0 Å². The second-order valence-electron chi connectivity index (χ2n) is 12.4. The number of amides is 1. The minimum Gasteiger partial charge on any atom is -0.497 e. The number of piperidine rings is 1. The molecule has 0 bridgehead atoms. The van der Waals surface area contributed by atoms with Gasteiger partial charge in [-0.1, -0.05) is 72.6 Å². The molecule has 1 aliphatic carbocycles. The Balaban J connectivity index is 1.64. The number of allylic oxidation sites excluding steroid dienone is 1. The molecule has 9 heteroatoms. The Morgan fingerprint density at radius 1 is 1.05 bits per heavy atom. The minimum atomic E-state index is -3.63. The quantitative estimate of drug-likeness (QED) is 0.186. The maximum absolute atomic E-state index is 14.8. The summed E-state index contributed by atoms with van der Waals surface area (Å²) in [6.45, 7) is 6.35. The van der Waals surface area contributed by atoms with Gasteiger partial charge in [0.2, 0.25) is 15.9 Å². The van der Waals surface area contributed by atoms with E-state index in [0.717, 1.165) is 29.5 Å². The summed E-state index contributed by atoms with van der Waals surface area (Å²) in [4.78, 5) is 16.8. The van der Waals surface area contributed by atoms with E-state index in [1.165, 1.54) is 10.6 Å². The maximum Gasteiger partial charge on any atom is 0.229 e. The van der Waals surface area contributed by atoms with Gasteiger partial charge < -0.3 is 9.64 Å². The van der Waals surface area contributed by atoms with E-state index in [1.54, 1.807) is 7.11 Å². The van der Waals surface area contributed by atoms with E-state index in [1.807, 2.05) is 84.6 Å². The van der Waals surface area contributed by atoms with Crippen LogP contribution in [0, 0.1) is 11.3 Å². The van der Waals surface area contributed by atoms with Crippen LogP contribution in [-0.2, 0) is 21.4 Å². The molecule has 0 spiro atoms. The van der Waals surface area contributed by atoms with Crippen molar-refractivity contribution < 1.29 is 17.9 Å². The lowest BCUT2D eigenvalue weighted by molar-refractivity contribution is -0.155. The number of likely N-dealkylation sites (tertiary alicyclic amines) is 1. The first kappa shape index (κ1) is 32.6. The van der Waals surface area contributed by atoms with Crippen molar-refractivity contribution in [3.63, 3.8) is 0 Å². The average Bonchev–Trinajstić information content (AvgIpc) is 3.83. The van der Waals surface area contributed by atoms with Gasteiger partial charge in [-0.05, 0) is 84.7 Å². The zero-order chi connectivity index (χ0) is 31.6. The van der Waals surface area contributed by atoms with Gasteiger partial charge in [0.1, 0.15) is 5.75 Å². The van der Waals surface area contributed by atoms with E-state index in [0.29, 0.717) is 28.6 Å². The van der Waals surface area contributed by atoms with Gasteiger partial charge in [-0.15, -0.1) is 6.58 Å². The Morgan fingerprint density at radius 3 is 2.36 bits per heavy atom. The van der Waals surface area contributed by atoms with Crippen molar-refractivity contribution in [1.82, 2.24) is 9.21 Å². The highest BCUT2D eigenvalue weighted by Gasteiger charge is 2.53. The number of rotatable bonds is 12. The van der Waals surface area contributed by atoms with Gasteiger partial charge in [0, 0.05) is 35.1 Å². The molecule has 1 aliphatic heterocycles. The predicted molar refractivity (Wildman–Crippen MR) is 178 cm³/mol. The first-order chi connectivity index (χ1) is 20.9. The summed E-state index contributed by atoms with van der Waals surface area (Å²) in [6.07, 6.45) is 6.01. The molecule has 6 nitrogen and oxygen atoms in total. The third-order valence-corrected chi connectivity index (χ3v) is 10.8. The number of halogens is 2. The second kappa shape index (κ2) is 13.3. The lowest BCUT2D eigenvalue weighted by Gasteiger charge is -2.52. The Bertz CT molecular complexity index is 1610. The van der Waals surface area contributed by atoms with Crippen LogP contribution in [0.2, 0.25) is 10.0 Å². The Hall–Kier alpha value is -2.84. The Kier molecular flexibility index (Phi) is 9.81. The largest absolute Gasteiger partial charge is 0.497 e. The molecule has 3 aromatic carbocycles. The molecule has 3 aromatic rings. The molecular formula is C35H40Cl2N2O4S. The molecule has 0 N–H and O–H groups in total. The highest BCUT2D eigenvalue weighted by molar-refractivity contribution is 7.88. The van der Waals surface area contributed by atoms with Crippen LogP contribution in [0.25, 0.3) is 0 Å². The van der Waals surface area contributed by atoms with Gasteiger partial charge in [0.05, 0.1) is 24.8 Å². The van der Waals surface area contributed by atoms with Crippen molar-refractivity contribution in [3.05, 3.63) is 112 Å².